The molecule has 3 nitrogen and oxygen atoms in total. The Bertz CT molecular complexity index is 420. The molecule has 2 unspecified atom stereocenters. The summed E-state index contributed by atoms with van der Waals surface area (Å²) in [6, 6.07) is 4.09. The number of hydrogen-bond acceptors (Lipinski definition) is 3. The minimum absolute atomic E-state index is 0.0594. The van der Waals surface area contributed by atoms with E-state index < -0.39 is 0 Å². The molecule has 0 spiro atoms. The summed E-state index contributed by atoms with van der Waals surface area (Å²) in [5, 5.41) is 0. The topological polar surface area (TPSA) is 46.3 Å². The molecule has 20 heavy (non-hydrogen) atoms. The third-order valence-electron chi connectivity index (χ3n) is 3.39. The summed E-state index contributed by atoms with van der Waals surface area (Å²) in [5.41, 5.74) is 5.74. The first kappa shape index (κ1) is 17.5. The molecule has 5 heteroatoms. The molecule has 1 aromatic heterocycles. The maximum absolute atomic E-state index is 12.4. The number of amides is 1. The number of carbonyl (C=O) groups excluding carboxylic acids is 1. The molecule has 0 aromatic carbocycles. The maximum atomic E-state index is 12.4. The van der Waals surface area contributed by atoms with E-state index in [9.17, 15) is 4.79 Å². The van der Waals surface area contributed by atoms with Gasteiger partial charge >= 0.3 is 0 Å². The second-order valence-electron chi connectivity index (χ2n) is 5.37. The van der Waals surface area contributed by atoms with Gasteiger partial charge in [0.2, 0.25) is 5.91 Å². The van der Waals surface area contributed by atoms with Crippen LogP contribution in [0.2, 0.25) is 4.34 Å². The van der Waals surface area contributed by atoms with Crippen molar-refractivity contribution in [2.75, 3.05) is 6.54 Å². The average molecular weight is 317 g/mol. The van der Waals surface area contributed by atoms with E-state index in [2.05, 4.69) is 0 Å². The summed E-state index contributed by atoms with van der Waals surface area (Å²) >= 11 is 7.47. The fourth-order valence-electron chi connectivity index (χ4n) is 2.15. The second kappa shape index (κ2) is 8.65. The van der Waals surface area contributed by atoms with Crippen molar-refractivity contribution in [3.8, 4) is 0 Å². The molecule has 0 radical (unpaired) electrons. The number of hydrogen-bond donors (Lipinski definition) is 1. The average Bonchev–Trinajstić information content (AvgIpc) is 2.80. The van der Waals surface area contributed by atoms with Gasteiger partial charge in [0.25, 0.3) is 0 Å². The lowest BCUT2D eigenvalue weighted by molar-refractivity contribution is -0.135. The van der Waals surface area contributed by atoms with Crippen molar-refractivity contribution in [1.82, 2.24) is 4.90 Å². The van der Waals surface area contributed by atoms with Gasteiger partial charge < -0.3 is 10.6 Å². The molecule has 114 valence electrons. The predicted molar refractivity (Wildman–Crippen MR) is 87.1 cm³/mol. The van der Waals surface area contributed by atoms with Gasteiger partial charge in [-0.3, -0.25) is 4.79 Å². The lowest BCUT2D eigenvalue weighted by Gasteiger charge is -2.24. The zero-order valence-electron chi connectivity index (χ0n) is 12.6. The van der Waals surface area contributed by atoms with Crippen molar-refractivity contribution in [2.24, 2.45) is 11.7 Å². The number of thiophene rings is 1. The summed E-state index contributed by atoms with van der Waals surface area (Å²) in [6.45, 7) is 7.41. The van der Waals surface area contributed by atoms with Gasteiger partial charge in [-0.25, -0.2) is 0 Å². The van der Waals surface area contributed by atoms with Gasteiger partial charge in [-0.15, -0.1) is 11.3 Å². The third kappa shape index (κ3) is 5.81. The van der Waals surface area contributed by atoms with Crippen LogP contribution >= 0.6 is 22.9 Å². The molecule has 0 bridgehead atoms. The molecule has 1 amide bonds. The van der Waals surface area contributed by atoms with Crippen LogP contribution in [0.25, 0.3) is 0 Å². The maximum Gasteiger partial charge on any atom is 0.225 e. The number of nitrogens with zero attached hydrogens (tertiary/aromatic N) is 1. The van der Waals surface area contributed by atoms with Crippen LogP contribution < -0.4 is 5.73 Å². The van der Waals surface area contributed by atoms with Gasteiger partial charge in [0.15, 0.2) is 0 Å². The fraction of sp³-hybridized carbons (Fsp3) is 0.667. The Morgan fingerprint density at radius 1 is 1.40 bits per heavy atom. The molecule has 0 saturated heterocycles. The van der Waals surface area contributed by atoms with E-state index in [-0.39, 0.29) is 17.9 Å². The Hall–Kier alpha value is -0.580. The quantitative estimate of drug-likeness (QED) is 0.790. The van der Waals surface area contributed by atoms with Crippen molar-refractivity contribution >= 4 is 28.8 Å². The SMILES string of the molecule is CCN(Cc1ccc(Cl)s1)C(=O)C(C)CCCC(C)N. The Balaban J connectivity index is 2.49. The van der Waals surface area contributed by atoms with E-state index in [0.29, 0.717) is 6.54 Å². The smallest absolute Gasteiger partial charge is 0.225 e. The highest BCUT2D eigenvalue weighted by Gasteiger charge is 2.19. The minimum Gasteiger partial charge on any atom is -0.338 e. The standard InChI is InChI=1S/C15H25ClN2OS/c1-4-18(10-13-8-9-14(16)20-13)15(19)11(2)6-5-7-12(3)17/h8-9,11-12H,4-7,10,17H2,1-3H3. The summed E-state index contributed by atoms with van der Waals surface area (Å²) in [7, 11) is 0. The Labute approximate surface area is 131 Å². The summed E-state index contributed by atoms with van der Waals surface area (Å²) in [5.74, 6) is 0.283. The molecule has 0 aliphatic carbocycles. The molecular weight excluding hydrogens is 292 g/mol. The summed E-state index contributed by atoms with van der Waals surface area (Å²) in [4.78, 5) is 15.5. The summed E-state index contributed by atoms with van der Waals surface area (Å²) in [6.07, 6.45) is 2.89. The molecule has 1 rings (SSSR count). The van der Waals surface area contributed by atoms with Crippen LogP contribution in [0.1, 0.15) is 44.9 Å². The molecule has 1 heterocycles. The van der Waals surface area contributed by atoms with Crippen LogP contribution in [-0.4, -0.2) is 23.4 Å². The van der Waals surface area contributed by atoms with E-state index in [1.54, 1.807) is 0 Å². The van der Waals surface area contributed by atoms with E-state index >= 15 is 0 Å². The van der Waals surface area contributed by atoms with Gasteiger partial charge in [0.05, 0.1) is 10.9 Å². The molecule has 0 fully saturated rings. The van der Waals surface area contributed by atoms with Gasteiger partial charge in [0, 0.05) is 23.4 Å². The highest BCUT2D eigenvalue weighted by molar-refractivity contribution is 7.16. The Kier molecular flexibility index (Phi) is 7.56. The first-order chi connectivity index (χ1) is 9.43. The summed E-state index contributed by atoms with van der Waals surface area (Å²) < 4.78 is 0.772. The molecular formula is C15H25ClN2OS. The van der Waals surface area contributed by atoms with Crippen molar-refractivity contribution in [3.05, 3.63) is 21.3 Å². The molecule has 2 atom stereocenters. The minimum atomic E-state index is 0.0594. The van der Waals surface area contributed by atoms with Gasteiger partial charge in [-0.2, -0.15) is 0 Å². The van der Waals surface area contributed by atoms with E-state index in [4.69, 9.17) is 17.3 Å². The number of carbonyl (C=O) groups is 1. The van der Waals surface area contributed by atoms with Crippen molar-refractivity contribution < 1.29 is 4.79 Å². The van der Waals surface area contributed by atoms with Crippen LogP contribution in [0.3, 0.4) is 0 Å². The van der Waals surface area contributed by atoms with Gasteiger partial charge in [-0.05, 0) is 38.8 Å². The van der Waals surface area contributed by atoms with Crippen LogP contribution in [0.5, 0.6) is 0 Å². The number of rotatable bonds is 8. The fourth-order valence-corrected chi connectivity index (χ4v) is 3.25. The van der Waals surface area contributed by atoms with Crippen LogP contribution in [0.4, 0.5) is 0 Å². The van der Waals surface area contributed by atoms with E-state index in [1.165, 1.54) is 11.3 Å². The van der Waals surface area contributed by atoms with Crippen molar-refractivity contribution in [3.63, 3.8) is 0 Å². The van der Waals surface area contributed by atoms with Crippen LogP contribution in [0.15, 0.2) is 12.1 Å². The number of nitrogens with two attached hydrogens (primary N) is 1. The Morgan fingerprint density at radius 2 is 2.10 bits per heavy atom. The normalized spacial score (nSPS) is 14.1. The van der Waals surface area contributed by atoms with Crippen LogP contribution in [-0.2, 0) is 11.3 Å². The highest BCUT2D eigenvalue weighted by Crippen LogP contribution is 2.23. The molecule has 0 aliphatic heterocycles. The monoisotopic (exact) mass is 316 g/mol. The lowest BCUT2D eigenvalue weighted by atomic mass is 10.0. The van der Waals surface area contributed by atoms with E-state index in [0.717, 1.165) is 35.0 Å². The molecule has 0 saturated carbocycles. The third-order valence-corrected chi connectivity index (χ3v) is 4.60. The molecule has 1 aromatic rings. The Morgan fingerprint density at radius 3 is 2.60 bits per heavy atom. The van der Waals surface area contributed by atoms with E-state index in [1.807, 2.05) is 37.8 Å². The number of halogens is 1. The van der Waals surface area contributed by atoms with Crippen LogP contribution in [0, 0.1) is 5.92 Å². The largest absolute Gasteiger partial charge is 0.338 e. The zero-order valence-corrected chi connectivity index (χ0v) is 14.1. The molecule has 0 aliphatic rings. The first-order valence-electron chi connectivity index (χ1n) is 7.22. The predicted octanol–water partition coefficient (Wildman–Crippen LogP) is 3.90. The second-order valence-corrected chi connectivity index (χ2v) is 7.17. The zero-order chi connectivity index (χ0) is 15.1. The van der Waals surface area contributed by atoms with Gasteiger partial charge in [0.1, 0.15) is 0 Å². The van der Waals surface area contributed by atoms with Crippen molar-refractivity contribution in [1.29, 1.82) is 0 Å². The lowest BCUT2D eigenvalue weighted by Crippen LogP contribution is -2.34. The highest BCUT2D eigenvalue weighted by atomic mass is 35.5. The van der Waals surface area contributed by atoms with Gasteiger partial charge in [-0.1, -0.05) is 24.9 Å². The first-order valence-corrected chi connectivity index (χ1v) is 8.42. The van der Waals surface area contributed by atoms with Crippen molar-refractivity contribution in [2.45, 2.75) is 52.6 Å². The molecule has 2 N–H and O–H groups in total.